The average Bonchev–Trinajstić information content (AvgIpc) is 3.28. The van der Waals surface area contributed by atoms with Gasteiger partial charge >= 0.3 is 11.9 Å². The maximum Gasteiger partial charge on any atom is 0.315 e. The van der Waals surface area contributed by atoms with Crippen LogP contribution in [0.5, 0.6) is 0 Å². The Morgan fingerprint density at radius 3 is 1.88 bits per heavy atom. The van der Waals surface area contributed by atoms with Crippen molar-refractivity contribution in [2.45, 2.75) is 211 Å². The van der Waals surface area contributed by atoms with Crippen LogP contribution >= 0.6 is 0 Å². The molecule has 0 radical (unpaired) electrons. The molecule has 3 aliphatic heterocycles. The molecule has 23 atom stereocenters. The Balaban J connectivity index is 1.04. The lowest BCUT2D eigenvalue weighted by atomic mass is 9.33. The number of allylic oxidation sites excluding steroid dienone is 1. The maximum atomic E-state index is 14.7. The van der Waals surface area contributed by atoms with E-state index in [0.29, 0.717) is 38.5 Å². The second-order valence-electron chi connectivity index (χ2n) is 23.6. The molecule has 3 saturated heterocycles. The van der Waals surface area contributed by atoms with E-state index in [0.717, 1.165) is 24.8 Å². The number of esters is 2. The minimum atomic E-state index is -1.77. The predicted octanol–water partition coefficient (Wildman–Crippen LogP) is 0.321. The zero-order chi connectivity index (χ0) is 49.8. The van der Waals surface area contributed by atoms with Crippen LogP contribution in [0.3, 0.4) is 0 Å². The van der Waals surface area contributed by atoms with Gasteiger partial charge in [0.25, 0.3) is 0 Å². The Morgan fingerprint density at radius 1 is 0.662 bits per heavy atom. The van der Waals surface area contributed by atoms with Gasteiger partial charge in [0.15, 0.2) is 18.7 Å². The van der Waals surface area contributed by atoms with Crippen LogP contribution in [0.4, 0.5) is 0 Å². The molecule has 8 rings (SSSR count). The first kappa shape index (κ1) is 52.4. The van der Waals surface area contributed by atoms with Gasteiger partial charge in [-0.3, -0.25) is 9.59 Å². The largest absolute Gasteiger partial charge is 0.454 e. The SMILES string of the molecule is CC(=O)O[C@H]1[C@H](O[C@H]2CC[C@]3(C)[C@H]4CC=C5[C@@H]6[C@H](O)C(C)(C)CC[C@]6(C(=O)O[C@@H]6O[C@H](CO)[C@@H](O)[C@H](O)[C@H]6O)CC[C@@]5(C)[C@]4(C)CC[C@H]3C2(C)C)OC[C@H](O)[C@@H]1O[C@@H]1O[C@H](CO)[C@@H](O)[C@H](O)[C@H]1O. The molecule has 3 heterocycles. The maximum absolute atomic E-state index is 14.7. The highest BCUT2D eigenvalue weighted by Gasteiger charge is 2.71. The van der Waals surface area contributed by atoms with Crippen molar-refractivity contribution < 1.29 is 93.8 Å². The second kappa shape index (κ2) is 18.5. The van der Waals surface area contributed by atoms with Crippen LogP contribution in [-0.2, 0) is 42.7 Å². The van der Waals surface area contributed by atoms with Gasteiger partial charge < -0.3 is 84.2 Å². The second-order valence-corrected chi connectivity index (χ2v) is 23.6. The monoisotopic (exact) mass is 971 g/mol. The lowest BCUT2D eigenvalue weighted by Crippen LogP contribution is -2.67. The third kappa shape index (κ3) is 8.13. The predicted molar refractivity (Wildman–Crippen MR) is 235 cm³/mol. The molecule has 388 valence electrons. The standard InChI is InChI=1S/C49H78O19/c1-22(52)63-38-37(67-40-35(58)33(56)31(54)25(19-50)64-40)24(53)21-62-42(38)66-29-12-13-46(6)27(45(29,4)5)11-14-48(8)28(46)10-9-23-30-39(60)44(2,3)15-17-49(30,18-16-47(23,48)7)43(61)68-41-36(59)34(57)32(55)26(20-51)65-41/h9,24-42,50-51,53-60H,10-21H2,1-8H3/t24-,25+,26+,27-,28+,29-,30+,31+,32+,33-,34-,35+,36+,37-,38+,39-,40-,41-,42-,46-,47+,48+,49-/m0/s1. The Morgan fingerprint density at radius 2 is 1.26 bits per heavy atom. The van der Waals surface area contributed by atoms with E-state index < -0.39 is 151 Å². The number of fused-ring (bicyclic) bond motifs is 7. The summed E-state index contributed by atoms with van der Waals surface area (Å²) in [6.07, 6.45) is -14.6. The summed E-state index contributed by atoms with van der Waals surface area (Å²) in [6, 6.07) is 0. The molecule has 0 aromatic carbocycles. The van der Waals surface area contributed by atoms with Crippen molar-refractivity contribution in [1.29, 1.82) is 0 Å². The number of hydrogen-bond donors (Lipinski definition) is 10. The molecule has 0 aromatic rings. The molecule has 5 aliphatic carbocycles. The lowest BCUT2D eigenvalue weighted by Gasteiger charge is -2.71. The van der Waals surface area contributed by atoms with Crippen LogP contribution in [0.15, 0.2) is 11.6 Å². The molecule has 0 unspecified atom stereocenters. The highest BCUT2D eigenvalue weighted by Crippen LogP contribution is 2.76. The number of ether oxygens (including phenoxy) is 7. The quantitative estimate of drug-likeness (QED) is 0.0846. The molecule has 10 N–H and O–H groups in total. The van der Waals surface area contributed by atoms with Gasteiger partial charge in [-0.15, -0.1) is 0 Å². The fraction of sp³-hybridized carbons (Fsp3) is 0.918. The lowest BCUT2D eigenvalue weighted by molar-refractivity contribution is -0.357. The average molecular weight is 971 g/mol. The van der Waals surface area contributed by atoms with Crippen LogP contribution in [0.25, 0.3) is 0 Å². The van der Waals surface area contributed by atoms with Gasteiger partial charge in [0.05, 0.1) is 37.4 Å². The fourth-order valence-corrected chi connectivity index (χ4v) is 15.1. The Labute approximate surface area is 398 Å². The van der Waals surface area contributed by atoms with E-state index in [1.807, 2.05) is 13.8 Å². The summed E-state index contributed by atoms with van der Waals surface area (Å²) in [6.45, 7) is 15.0. The summed E-state index contributed by atoms with van der Waals surface area (Å²) < 4.78 is 41.8. The van der Waals surface area contributed by atoms with E-state index in [4.69, 9.17) is 33.2 Å². The van der Waals surface area contributed by atoms with Crippen LogP contribution in [0.1, 0.15) is 113 Å². The summed E-state index contributed by atoms with van der Waals surface area (Å²) in [4.78, 5) is 27.3. The number of carbonyl (C=O) groups excluding carboxylic acids is 2. The minimum absolute atomic E-state index is 0.142. The van der Waals surface area contributed by atoms with Gasteiger partial charge in [-0.05, 0) is 96.7 Å². The normalized spacial score (nSPS) is 52.0. The van der Waals surface area contributed by atoms with Crippen molar-refractivity contribution in [3.05, 3.63) is 11.6 Å². The number of carbonyl (C=O) groups is 2. The Kier molecular flexibility index (Phi) is 14.3. The van der Waals surface area contributed by atoms with Gasteiger partial charge in [-0.25, -0.2) is 0 Å². The van der Waals surface area contributed by atoms with Gasteiger partial charge in [0.1, 0.15) is 61.0 Å². The van der Waals surface area contributed by atoms with E-state index >= 15 is 0 Å². The van der Waals surface area contributed by atoms with Crippen LogP contribution < -0.4 is 0 Å². The van der Waals surface area contributed by atoms with E-state index in [1.165, 1.54) is 6.92 Å². The minimum Gasteiger partial charge on any atom is -0.454 e. The van der Waals surface area contributed by atoms with Crippen molar-refractivity contribution >= 4 is 11.9 Å². The van der Waals surface area contributed by atoms with Crippen molar-refractivity contribution in [2.24, 2.45) is 50.2 Å². The topological polar surface area (TPSA) is 301 Å². The molecule has 8 aliphatic rings. The first-order valence-corrected chi connectivity index (χ1v) is 24.7. The third-order valence-electron chi connectivity index (χ3n) is 19.4. The van der Waals surface area contributed by atoms with Gasteiger partial charge in [0.2, 0.25) is 6.29 Å². The van der Waals surface area contributed by atoms with E-state index in [1.54, 1.807) is 0 Å². The number of rotatable bonds is 9. The molecular formula is C49H78O19. The van der Waals surface area contributed by atoms with Crippen molar-refractivity contribution in [3.8, 4) is 0 Å². The summed E-state index contributed by atoms with van der Waals surface area (Å²) in [5.41, 5.74) is -2.03. The van der Waals surface area contributed by atoms with Crippen LogP contribution in [0, 0.1) is 50.2 Å². The number of aliphatic hydroxyl groups excluding tert-OH is 10. The molecule has 0 bridgehead atoms. The van der Waals surface area contributed by atoms with Crippen molar-refractivity contribution in [3.63, 3.8) is 0 Å². The summed E-state index contributed by atoms with van der Waals surface area (Å²) in [7, 11) is 0. The molecule has 0 spiro atoms. The molecule has 0 amide bonds. The number of aliphatic hydroxyl groups is 10. The van der Waals surface area contributed by atoms with Crippen molar-refractivity contribution in [2.75, 3.05) is 19.8 Å². The highest BCUT2D eigenvalue weighted by atomic mass is 16.7. The molecule has 4 saturated carbocycles. The van der Waals surface area contributed by atoms with E-state index in [2.05, 4.69) is 40.7 Å². The zero-order valence-corrected chi connectivity index (χ0v) is 40.7. The van der Waals surface area contributed by atoms with Gasteiger partial charge in [-0.1, -0.05) is 60.1 Å². The molecule has 19 nitrogen and oxygen atoms in total. The molecule has 19 heteroatoms. The molecule has 7 fully saturated rings. The number of hydrogen-bond acceptors (Lipinski definition) is 19. The molecule has 0 aromatic heterocycles. The van der Waals surface area contributed by atoms with E-state index in [9.17, 15) is 60.7 Å². The third-order valence-corrected chi connectivity index (χ3v) is 19.4. The van der Waals surface area contributed by atoms with Gasteiger partial charge in [-0.2, -0.15) is 0 Å². The van der Waals surface area contributed by atoms with E-state index in [-0.39, 0.29) is 29.3 Å². The summed E-state index contributed by atoms with van der Waals surface area (Å²) in [5, 5.41) is 106. The van der Waals surface area contributed by atoms with Crippen molar-refractivity contribution in [1.82, 2.24) is 0 Å². The first-order chi connectivity index (χ1) is 31.7. The smallest absolute Gasteiger partial charge is 0.315 e. The first-order valence-electron chi connectivity index (χ1n) is 24.7. The highest BCUT2D eigenvalue weighted by molar-refractivity contribution is 5.79. The van der Waals surface area contributed by atoms with Crippen LogP contribution in [-0.4, -0.2) is 181 Å². The zero-order valence-electron chi connectivity index (χ0n) is 40.7. The Hall–Kier alpha value is -1.92. The molecule has 68 heavy (non-hydrogen) atoms. The van der Waals surface area contributed by atoms with Crippen LogP contribution in [0.2, 0.25) is 0 Å². The molecular weight excluding hydrogens is 893 g/mol. The summed E-state index contributed by atoms with van der Waals surface area (Å²) in [5.74, 6) is -1.64. The summed E-state index contributed by atoms with van der Waals surface area (Å²) >= 11 is 0. The fourth-order valence-electron chi connectivity index (χ4n) is 15.1. The Bertz CT molecular complexity index is 1890. The van der Waals surface area contributed by atoms with Gasteiger partial charge in [0, 0.05) is 12.8 Å².